The minimum Gasteiger partial charge on any atom is -0.338 e. The van der Waals surface area contributed by atoms with Gasteiger partial charge in [-0.1, -0.05) is 36.4 Å². The number of amides is 2. The van der Waals surface area contributed by atoms with Crippen molar-refractivity contribution in [2.75, 3.05) is 13.2 Å². The quantitative estimate of drug-likeness (QED) is 0.249. The summed E-state index contributed by atoms with van der Waals surface area (Å²) in [4.78, 5) is 24.3. The number of carbonyl (C=O) groups is 2. The molecule has 8 heteroatoms. The van der Waals surface area contributed by atoms with E-state index in [0.29, 0.717) is 18.7 Å². The van der Waals surface area contributed by atoms with E-state index in [1.54, 1.807) is 38.1 Å². The van der Waals surface area contributed by atoms with Crippen LogP contribution in [0.2, 0.25) is 0 Å². The lowest BCUT2D eigenvalue weighted by Crippen LogP contribution is -2.61. The van der Waals surface area contributed by atoms with Gasteiger partial charge in [-0.05, 0) is 42.7 Å². The molecule has 0 radical (unpaired) electrons. The largest absolute Gasteiger partial charge is 0.338 e. The molecular weight excluding hydrogens is 375 g/mol. The second kappa shape index (κ2) is 10.1. The minimum atomic E-state index is -1.10. The van der Waals surface area contributed by atoms with Gasteiger partial charge in [-0.15, -0.1) is 0 Å². The summed E-state index contributed by atoms with van der Waals surface area (Å²) in [6.45, 7) is 3.68. The molecule has 2 amide bonds. The Labute approximate surface area is 169 Å². The predicted octanol–water partition coefficient (Wildman–Crippen LogP) is 1.75. The summed E-state index contributed by atoms with van der Waals surface area (Å²) in [6.07, 6.45) is 0. The molecule has 2 rings (SSSR count). The van der Waals surface area contributed by atoms with Crippen molar-refractivity contribution in [2.24, 2.45) is 5.73 Å². The summed E-state index contributed by atoms with van der Waals surface area (Å²) >= 11 is 0. The molecule has 0 aromatic heterocycles. The van der Waals surface area contributed by atoms with Crippen LogP contribution in [-0.4, -0.2) is 41.8 Å². The Morgan fingerprint density at radius 2 is 1.62 bits per heavy atom. The molecule has 1 atom stereocenters. The van der Waals surface area contributed by atoms with Gasteiger partial charge in [0.2, 0.25) is 0 Å². The maximum atomic E-state index is 12.5. The third-order valence-corrected chi connectivity index (χ3v) is 4.43. The van der Waals surface area contributed by atoms with Crippen LogP contribution < -0.4 is 21.8 Å². The highest BCUT2D eigenvalue weighted by atomic mass is 19.1. The van der Waals surface area contributed by atoms with Crippen LogP contribution in [0, 0.1) is 0 Å². The summed E-state index contributed by atoms with van der Waals surface area (Å²) in [5.41, 5.74) is 9.70. The lowest BCUT2D eigenvalue weighted by molar-refractivity contribution is -0.132. The lowest BCUT2D eigenvalue weighted by atomic mass is 9.94. The average Bonchev–Trinajstić information content (AvgIpc) is 2.71. The summed E-state index contributed by atoms with van der Waals surface area (Å²) in [5, 5.41) is 14.4. The van der Waals surface area contributed by atoms with E-state index in [4.69, 9.17) is 10.9 Å². The van der Waals surface area contributed by atoms with E-state index < -0.39 is 30.1 Å². The van der Waals surface area contributed by atoms with E-state index in [0.717, 1.165) is 16.7 Å². The van der Waals surface area contributed by atoms with Crippen molar-refractivity contribution in [1.29, 1.82) is 0 Å². The smallest absolute Gasteiger partial charge is 0.267 e. The van der Waals surface area contributed by atoms with Crippen LogP contribution in [0.5, 0.6) is 0 Å². The first-order valence-corrected chi connectivity index (χ1v) is 9.26. The highest BCUT2D eigenvalue weighted by molar-refractivity contribution is 5.98. The molecule has 2 aromatic carbocycles. The van der Waals surface area contributed by atoms with Gasteiger partial charge < -0.3 is 16.4 Å². The zero-order valence-corrected chi connectivity index (χ0v) is 16.5. The standard InChI is InChI=1S/C21H27FN4O3/c1-21(2,23)18(20(28)26-29)25-19(27)17-9-7-16(8-10-17)15-5-3-14(4-6-15)13-24-12-11-22/h3-10,18,24,29H,11-13,23H2,1-2H3,(H,25,27)(H,26,28)/t18-/m1/s1. The van der Waals surface area contributed by atoms with Gasteiger partial charge >= 0.3 is 0 Å². The van der Waals surface area contributed by atoms with Crippen LogP contribution in [0.25, 0.3) is 11.1 Å². The number of hydrogen-bond acceptors (Lipinski definition) is 5. The second-order valence-corrected chi connectivity index (χ2v) is 7.34. The molecule has 0 fully saturated rings. The number of rotatable bonds is 9. The van der Waals surface area contributed by atoms with Crippen LogP contribution in [0.3, 0.4) is 0 Å². The number of hydrogen-bond donors (Lipinski definition) is 5. The SMILES string of the molecule is CC(C)(N)[C@H](NC(=O)c1ccc(-c2ccc(CNCCF)cc2)cc1)C(=O)NO. The number of nitrogens with two attached hydrogens (primary N) is 1. The molecule has 0 saturated carbocycles. The highest BCUT2D eigenvalue weighted by Gasteiger charge is 2.33. The molecular formula is C21H27FN4O3. The first-order chi connectivity index (χ1) is 13.8. The molecule has 7 nitrogen and oxygen atoms in total. The maximum absolute atomic E-state index is 12.5. The number of hydroxylamine groups is 1. The van der Waals surface area contributed by atoms with Crippen molar-refractivity contribution in [1.82, 2.24) is 16.1 Å². The van der Waals surface area contributed by atoms with Gasteiger partial charge in [0.25, 0.3) is 11.8 Å². The zero-order valence-electron chi connectivity index (χ0n) is 16.5. The summed E-state index contributed by atoms with van der Waals surface area (Å²) in [5.74, 6) is -1.26. The summed E-state index contributed by atoms with van der Waals surface area (Å²) < 4.78 is 12.1. The molecule has 6 N–H and O–H groups in total. The molecule has 156 valence electrons. The van der Waals surface area contributed by atoms with E-state index in [1.807, 2.05) is 24.3 Å². The Balaban J connectivity index is 2.07. The zero-order chi connectivity index (χ0) is 21.4. The van der Waals surface area contributed by atoms with Gasteiger partial charge in [0.05, 0.1) is 0 Å². The molecule has 29 heavy (non-hydrogen) atoms. The Kier molecular flexibility index (Phi) is 7.83. The molecule has 2 aromatic rings. The Morgan fingerprint density at radius 1 is 1.07 bits per heavy atom. The van der Waals surface area contributed by atoms with E-state index in [9.17, 15) is 14.0 Å². The Hall–Kier alpha value is -2.81. The molecule has 0 heterocycles. The Bertz CT molecular complexity index is 817. The second-order valence-electron chi connectivity index (χ2n) is 7.34. The molecule has 0 unspecified atom stereocenters. The molecule has 0 aliphatic heterocycles. The van der Waals surface area contributed by atoms with Crippen molar-refractivity contribution in [3.8, 4) is 11.1 Å². The van der Waals surface area contributed by atoms with Gasteiger partial charge in [0, 0.05) is 24.2 Å². The lowest BCUT2D eigenvalue weighted by Gasteiger charge is -2.29. The summed E-state index contributed by atoms with van der Waals surface area (Å²) in [7, 11) is 0. The first kappa shape index (κ1) is 22.5. The normalized spacial score (nSPS) is 12.3. The maximum Gasteiger partial charge on any atom is 0.267 e. The van der Waals surface area contributed by atoms with Crippen LogP contribution in [0.15, 0.2) is 48.5 Å². The van der Waals surface area contributed by atoms with Crippen molar-refractivity contribution in [2.45, 2.75) is 32.0 Å². The fraction of sp³-hybridized carbons (Fsp3) is 0.333. The van der Waals surface area contributed by atoms with Crippen molar-refractivity contribution >= 4 is 11.8 Å². The number of benzene rings is 2. The Morgan fingerprint density at radius 3 is 2.10 bits per heavy atom. The van der Waals surface area contributed by atoms with Crippen molar-refractivity contribution in [3.05, 3.63) is 59.7 Å². The molecule has 0 spiro atoms. The monoisotopic (exact) mass is 402 g/mol. The third-order valence-electron chi connectivity index (χ3n) is 4.43. The van der Waals surface area contributed by atoms with Crippen LogP contribution >= 0.6 is 0 Å². The molecule has 0 saturated heterocycles. The fourth-order valence-corrected chi connectivity index (χ4v) is 2.80. The minimum absolute atomic E-state index is 0.327. The molecule has 0 aliphatic rings. The first-order valence-electron chi connectivity index (χ1n) is 9.26. The third kappa shape index (κ3) is 6.35. The number of halogens is 1. The van der Waals surface area contributed by atoms with Gasteiger partial charge in [-0.2, -0.15) is 0 Å². The van der Waals surface area contributed by atoms with Gasteiger partial charge in [0.15, 0.2) is 0 Å². The van der Waals surface area contributed by atoms with Gasteiger partial charge in [0.1, 0.15) is 12.7 Å². The van der Waals surface area contributed by atoms with E-state index in [1.165, 1.54) is 5.48 Å². The van der Waals surface area contributed by atoms with Gasteiger partial charge in [-0.3, -0.25) is 14.8 Å². The highest BCUT2D eigenvalue weighted by Crippen LogP contribution is 2.20. The number of carbonyl (C=O) groups excluding carboxylic acids is 2. The summed E-state index contributed by atoms with van der Waals surface area (Å²) in [6, 6.07) is 13.7. The van der Waals surface area contributed by atoms with Crippen molar-refractivity contribution < 1.29 is 19.2 Å². The predicted molar refractivity (Wildman–Crippen MR) is 109 cm³/mol. The van der Waals surface area contributed by atoms with Crippen LogP contribution in [-0.2, 0) is 11.3 Å². The van der Waals surface area contributed by atoms with Crippen LogP contribution in [0.1, 0.15) is 29.8 Å². The van der Waals surface area contributed by atoms with Crippen LogP contribution in [0.4, 0.5) is 4.39 Å². The fourth-order valence-electron chi connectivity index (χ4n) is 2.80. The topological polar surface area (TPSA) is 116 Å². The van der Waals surface area contributed by atoms with E-state index in [-0.39, 0.29) is 0 Å². The average molecular weight is 402 g/mol. The van der Waals surface area contributed by atoms with Crippen molar-refractivity contribution in [3.63, 3.8) is 0 Å². The van der Waals surface area contributed by atoms with E-state index in [2.05, 4.69) is 10.6 Å². The van der Waals surface area contributed by atoms with E-state index >= 15 is 0 Å². The number of nitrogens with one attached hydrogen (secondary N) is 3. The van der Waals surface area contributed by atoms with Gasteiger partial charge in [-0.25, -0.2) is 9.87 Å². The number of alkyl halides is 1. The molecule has 0 aliphatic carbocycles. The molecule has 0 bridgehead atoms.